The second-order valence-electron chi connectivity index (χ2n) is 6.65. The summed E-state index contributed by atoms with van der Waals surface area (Å²) in [6.07, 6.45) is 1.08. The smallest absolute Gasteiger partial charge is 0.274 e. The number of hydrogen-bond donors (Lipinski definition) is 2. The highest BCUT2D eigenvalue weighted by atomic mass is 32.2. The van der Waals surface area contributed by atoms with Crippen LogP contribution in [0, 0.1) is 0 Å². The number of anilines is 1. The molecule has 0 radical (unpaired) electrons. The third kappa shape index (κ3) is 3.23. The summed E-state index contributed by atoms with van der Waals surface area (Å²) < 4.78 is 0. The molecule has 0 saturated carbocycles. The van der Waals surface area contributed by atoms with Crippen LogP contribution >= 0.6 is 11.8 Å². The molecule has 0 aliphatic carbocycles. The van der Waals surface area contributed by atoms with Gasteiger partial charge in [0.15, 0.2) is 0 Å². The standard InChI is InChI=1S/C20H21N3O2S/c1-22-11-10-19-17(13-22)23(16-4-2-3-5-18(16)26-19)12-14-6-8-15(9-7-14)20(24)21-25/h2-9,25H,10-13H2,1H3,(H,21,24). The van der Waals surface area contributed by atoms with Crippen molar-refractivity contribution in [3.05, 3.63) is 70.3 Å². The lowest BCUT2D eigenvalue weighted by Crippen LogP contribution is -2.37. The number of likely N-dealkylation sites (N-methyl/N-ethyl adjacent to an activating group) is 1. The van der Waals surface area contributed by atoms with Crippen LogP contribution < -0.4 is 10.4 Å². The number of amides is 1. The second-order valence-corrected chi connectivity index (χ2v) is 7.79. The van der Waals surface area contributed by atoms with Crippen molar-refractivity contribution in [2.24, 2.45) is 0 Å². The van der Waals surface area contributed by atoms with Crippen LogP contribution in [-0.4, -0.2) is 36.2 Å². The van der Waals surface area contributed by atoms with Crippen LogP contribution in [-0.2, 0) is 6.54 Å². The molecule has 134 valence electrons. The van der Waals surface area contributed by atoms with Gasteiger partial charge in [-0.1, -0.05) is 36.0 Å². The van der Waals surface area contributed by atoms with Crippen molar-refractivity contribution in [2.75, 3.05) is 25.0 Å². The number of thioether (sulfide) groups is 1. The van der Waals surface area contributed by atoms with Gasteiger partial charge in [-0.3, -0.25) is 10.0 Å². The van der Waals surface area contributed by atoms with Gasteiger partial charge in [-0.05, 0) is 43.3 Å². The zero-order valence-corrected chi connectivity index (χ0v) is 15.4. The van der Waals surface area contributed by atoms with E-state index in [2.05, 4.69) is 41.1 Å². The Hall–Kier alpha value is -2.28. The van der Waals surface area contributed by atoms with E-state index in [1.807, 2.05) is 23.9 Å². The van der Waals surface area contributed by atoms with Gasteiger partial charge in [0.2, 0.25) is 0 Å². The van der Waals surface area contributed by atoms with Gasteiger partial charge < -0.3 is 9.80 Å². The third-order valence-corrected chi connectivity index (χ3v) is 6.09. The van der Waals surface area contributed by atoms with Crippen molar-refractivity contribution in [1.29, 1.82) is 0 Å². The summed E-state index contributed by atoms with van der Waals surface area (Å²) in [5.41, 5.74) is 5.86. The van der Waals surface area contributed by atoms with Gasteiger partial charge in [0.25, 0.3) is 5.91 Å². The first-order chi connectivity index (χ1) is 12.7. The van der Waals surface area contributed by atoms with Crippen LogP contribution in [0.25, 0.3) is 0 Å². The number of hydroxylamine groups is 1. The monoisotopic (exact) mass is 367 g/mol. The molecule has 0 bridgehead atoms. The lowest BCUT2D eigenvalue weighted by molar-refractivity contribution is 0.0706. The van der Waals surface area contributed by atoms with Crippen LogP contribution in [0.2, 0.25) is 0 Å². The summed E-state index contributed by atoms with van der Waals surface area (Å²) in [6.45, 7) is 2.79. The van der Waals surface area contributed by atoms with Crippen LogP contribution in [0.1, 0.15) is 22.3 Å². The minimum atomic E-state index is -0.491. The fraction of sp³-hybridized carbons (Fsp3) is 0.250. The maximum absolute atomic E-state index is 11.5. The molecule has 2 aromatic carbocycles. The predicted octanol–water partition coefficient (Wildman–Crippen LogP) is 3.47. The molecule has 6 heteroatoms. The van der Waals surface area contributed by atoms with E-state index < -0.39 is 5.91 Å². The van der Waals surface area contributed by atoms with Gasteiger partial charge in [0, 0.05) is 40.7 Å². The van der Waals surface area contributed by atoms with E-state index in [4.69, 9.17) is 5.21 Å². The van der Waals surface area contributed by atoms with Crippen LogP contribution in [0.3, 0.4) is 0 Å². The van der Waals surface area contributed by atoms with Crippen molar-refractivity contribution >= 4 is 23.4 Å². The van der Waals surface area contributed by atoms with Crippen LogP contribution in [0.4, 0.5) is 5.69 Å². The summed E-state index contributed by atoms with van der Waals surface area (Å²) >= 11 is 1.90. The zero-order valence-electron chi connectivity index (χ0n) is 14.6. The molecule has 0 aromatic heterocycles. The average molecular weight is 367 g/mol. The number of nitrogens with zero attached hydrogens (tertiary/aromatic N) is 2. The summed E-state index contributed by atoms with van der Waals surface area (Å²) in [7, 11) is 2.16. The molecule has 2 N–H and O–H groups in total. The molecule has 5 nitrogen and oxygen atoms in total. The first kappa shape index (κ1) is 17.1. The highest BCUT2D eigenvalue weighted by molar-refractivity contribution is 8.03. The maximum atomic E-state index is 11.5. The predicted molar refractivity (Wildman–Crippen MR) is 103 cm³/mol. The Balaban J connectivity index is 1.66. The Labute approximate surface area is 157 Å². The van der Waals surface area contributed by atoms with E-state index in [0.29, 0.717) is 5.56 Å². The molecule has 4 rings (SSSR count). The van der Waals surface area contributed by atoms with Gasteiger partial charge in [-0.15, -0.1) is 0 Å². The normalized spacial score (nSPS) is 16.9. The molecule has 0 fully saturated rings. The van der Waals surface area contributed by atoms with Gasteiger partial charge >= 0.3 is 0 Å². The number of benzene rings is 2. The summed E-state index contributed by atoms with van der Waals surface area (Å²) in [6, 6.07) is 15.9. The quantitative estimate of drug-likeness (QED) is 0.643. The van der Waals surface area contributed by atoms with Crippen molar-refractivity contribution < 1.29 is 10.0 Å². The number of hydrogen-bond acceptors (Lipinski definition) is 5. The highest BCUT2D eigenvalue weighted by Crippen LogP contribution is 2.46. The lowest BCUT2D eigenvalue weighted by atomic mass is 10.1. The molecule has 0 spiro atoms. The van der Waals surface area contributed by atoms with Crippen LogP contribution in [0.5, 0.6) is 0 Å². The van der Waals surface area contributed by atoms with Crippen molar-refractivity contribution in [3.63, 3.8) is 0 Å². The average Bonchev–Trinajstić information content (AvgIpc) is 2.68. The molecule has 0 saturated heterocycles. The van der Waals surface area contributed by atoms with Crippen LogP contribution in [0.15, 0.2) is 64.0 Å². The van der Waals surface area contributed by atoms with Gasteiger partial charge in [-0.2, -0.15) is 0 Å². The fourth-order valence-electron chi connectivity index (χ4n) is 3.44. The molecule has 26 heavy (non-hydrogen) atoms. The van der Waals surface area contributed by atoms with Crippen molar-refractivity contribution in [3.8, 4) is 0 Å². The van der Waals surface area contributed by atoms with Gasteiger partial charge in [0.1, 0.15) is 0 Å². The van der Waals surface area contributed by atoms with Gasteiger partial charge in [-0.25, -0.2) is 5.48 Å². The van der Waals surface area contributed by atoms with E-state index in [0.717, 1.165) is 31.6 Å². The third-order valence-electron chi connectivity index (χ3n) is 4.84. The summed E-state index contributed by atoms with van der Waals surface area (Å²) in [4.78, 5) is 19.0. The molecule has 2 heterocycles. The Bertz CT molecular complexity index is 864. The van der Waals surface area contributed by atoms with E-state index in [1.54, 1.807) is 17.6 Å². The Morgan fingerprint density at radius 2 is 1.96 bits per heavy atom. The van der Waals surface area contributed by atoms with E-state index in [9.17, 15) is 4.79 Å². The van der Waals surface area contributed by atoms with E-state index in [-0.39, 0.29) is 0 Å². The number of rotatable bonds is 3. The number of para-hydroxylation sites is 1. The molecular formula is C20H21N3O2S. The number of carbonyl (C=O) groups is 1. The SMILES string of the molecule is CN1CCC2=C(C1)N(Cc1ccc(C(=O)NO)cc1)c1ccccc1S2. The lowest BCUT2D eigenvalue weighted by Gasteiger charge is -2.39. The molecule has 2 aliphatic heterocycles. The first-order valence-corrected chi connectivity index (χ1v) is 9.45. The Morgan fingerprint density at radius 3 is 2.73 bits per heavy atom. The first-order valence-electron chi connectivity index (χ1n) is 8.64. The fourth-order valence-corrected chi connectivity index (χ4v) is 4.62. The molecule has 2 aromatic rings. The number of nitrogens with one attached hydrogen (secondary N) is 1. The molecular weight excluding hydrogens is 346 g/mol. The van der Waals surface area contributed by atoms with Crippen molar-refractivity contribution in [1.82, 2.24) is 10.4 Å². The molecule has 1 amide bonds. The highest BCUT2D eigenvalue weighted by Gasteiger charge is 2.29. The molecule has 0 unspecified atom stereocenters. The zero-order chi connectivity index (χ0) is 18.1. The Kier molecular flexibility index (Phi) is 4.72. The van der Waals surface area contributed by atoms with E-state index >= 15 is 0 Å². The topological polar surface area (TPSA) is 55.8 Å². The minimum absolute atomic E-state index is 0.447. The summed E-state index contributed by atoms with van der Waals surface area (Å²) in [5, 5.41) is 8.76. The Morgan fingerprint density at radius 1 is 1.19 bits per heavy atom. The van der Waals surface area contributed by atoms with Crippen molar-refractivity contribution in [2.45, 2.75) is 17.9 Å². The number of carbonyl (C=O) groups excluding carboxylic acids is 1. The maximum Gasteiger partial charge on any atom is 0.274 e. The molecule has 2 aliphatic rings. The largest absolute Gasteiger partial charge is 0.338 e. The van der Waals surface area contributed by atoms with E-state index in [1.165, 1.54) is 21.2 Å². The minimum Gasteiger partial charge on any atom is -0.338 e. The summed E-state index contributed by atoms with van der Waals surface area (Å²) in [5.74, 6) is -0.491. The number of fused-ring (bicyclic) bond motifs is 1. The van der Waals surface area contributed by atoms with Gasteiger partial charge in [0.05, 0.1) is 5.69 Å². The second kappa shape index (κ2) is 7.15. The molecule has 0 atom stereocenters.